The lowest BCUT2D eigenvalue weighted by atomic mass is 10.1. The van der Waals surface area contributed by atoms with Crippen molar-refractivity contribution in [2.45, 2.75) is 13.5 Å². The van der Waals surface area contributed by atoms with Crippen LogP contribution in [0, 0.1) is 6.92 Å². The Hall–Kier alpha value is -3.30. The Morgan fingerprint density at radius 3 is 2.69 bits per heavy atom. The van der Waals surface area contributed by atoms with Gasteiger partial charge in [0.1, 0.15) is 0 Å². The van der Waals surface area contributed by atoms with Gasteiger partial charge < -0.3 is 10.1 Å². The van der Waals surface area contributed by atoms with E-state index in [1.54, 1.807) is 55.7 Å². The molecule has 0 aliphatic carbocycles. The molecule has 1 amide bonds. The molecule has 2 heterocycles. The number of hydrogen-bond donors (Lipinski definition) is 2. The molecule has 0 aliphatic heterocycles. The number of hydrogen-bond acceptors (Lipinski definition) is 5. The molecule has 3 rings (SSSR count). The summed E-state index contributed by atoms with van der Waals surface area (Å²) < 4.78 is 28.2. The fraction of sp³-hybridized carbons (Fsp3) is 0.150. The Labute approximate surface area is 171 Å². The third-order valence-electron chi connectivity index (χ3n) is 4.19. The average Bonchev–Trinajstić information content (AvgIpc) is 2.74. The third-order valence-corrected chi connectivity index (χ3v) is 4.91. The van der Waals surface area contributed by atoms with Gasteiger partial charge in [-0.15, -0.1) is 0 Å². The van der Waals surface area contributed by atoms with Gasteiger partial charge >= 0.3 is 0 Å². The molecule has 8 nitrogen and oxygen atoms in total. The minimum absolute atomic E-state index is 0.299. The molecule has 1 unspecified atom stereocenters. The quantitative estimate of drug-likeness (QED) is 0.578. The molecule has 2 N–H and O–H groups in total. The summed E-state index contributed by atoms with van der Waals surface area (Å²) in [7, 11) is 1.49. The molecular weight excluding hydrogens is 392 g/mol. The van der Waals surface area contributed by atoms with E-state index < -0.39 is 11.3 Å². The van der Waals surface area contributed by atoms with Crippen LogP contribution >= 0.6 is 0 Å². The molecule has 0 radical (unpaired) electrons. The van der Waals surface area contributed by atoms with Crippen molar-refractivity contribution in [3.8, 4) is 5.88 Å². The summed E-state index contributed by atoms with van der Waals surface area (Å²) in [6, 6.07) is 11.8. The van der Waals surface area contributed by atoms with Gasteiger partial charge in [0, 0.05) is 30.6 Å². The topological polar surface area (TPSA) is 105 Å². The van der Waals surface area contributed by atoms with Crippen molar-refractivity contribution in [3.05, 3.63) is 77.7 Å². The summed E-state index contributed by atoms with van der Waals surface area (Å²) in [5.74, 6) is 0.0873. The first-order chi connectivity index (χ1) is 14.0. The molecule has 1 aromatic carbocycles. The lowest BCUT2D eigenvalue weighted by Gasteiger charge is -2.22. The SMILES string of the molecule is COc1ccc(N(c2cc(C(=O)NCc3cccnc3)ccc2C)S(=O)O)cn1. The lowest BCUT2D eigenvalue weighted by molar-refractivity contribution is 0.0951. The maximum Gasteiger partial charge on any atom is 0.266 e. The minimum Gasteiger partial charge on any atom is -0.481 e. The van der Waals surface area contributed by atoms with Crippen LogP contribution in [0.4, 0.5) is 11.4 Å². The number of aryl methyl sites for hydroxylation is 1. The van der Waals surface area contributed by atoms with E-state index >= 15 is 0 Å². The molecule has 0 saturated heterocycles. The molecule has 29 heavy (non-hydrogen) atoms. The van der Waals surface area contributed by atoms with Gasteiger partial charge in [0.2, 0.25) is 5.88 Å². The number of nitrogens with one attached hydrogen (secondary N) is 1. The zero-order valence-corrected chi connectivity index (χ0v) is 16.7. The Morgan fingerprint density at radius 2 is 2.07 bits per heavy atom. The first kappa shape index (κ1) is 20.4. The van der Waals surface area contributed by atoms with Crippen LogP contribution in [0.2, 0.25) is 0 Å². The number of methoxy groups -OCH3 is 1. The van der Waals surface area contributed by atoms with Gasteiger partial charge in [-0.1, -0.05) is 12.1 Å². The fourth-order valence-electron chi connectivity index (χ4n) is 2.68. The molecule has 3 aromatic rings. The molecule has 9 heteroatoms. The molecule has 0 bridgehead atoms. The standard InChI is InChI=1S/C20H20N4O4S/c1-14-5-6-16(20(25)23-12-15-4-3-9-21-11-15)10-18(14)24(29(26)27)17-7-8-19(28-2)22-13-17/h3-11,13H,12H2,1-2H3,(H,23,25)(H,26,27). The maximum atomic E-state index is 12.6. The molecule has 1 atom stereocenters. The van der Waals surface area contributed by atoms with E-state index in [0.29, 0.717) is 29.4 Å². The second-order valence-electron chi connectivity index (χ2n) is 6.13. The molecule has 2 aromatic heterocycles. The van der Waals surface area contributed by atoms with Gasteiger partial charge in [0.15, 0.2) is 0 Å². The Morgan fingerprint density at radius 1 is 1.24 bits per heavy atom. The van der Waals surface area contributed by atoms with E-state index in [0.717, 1.165) is 11.1 Å². The van der Waals surface area contributed by atoms with Crippen molar-refractivity contribution in [2.24, 2.45) is 0 Å². The smallest absolute Gasteiger partial charge is 0.266 e. The highest BCUT2D eigenvalue weighted by atomic mass is 32.2. The van der Waals surface area contributed by atoms with E-state index in [1.165, 1.54) is 17.6 Å². The number of anilines is 2. The van der Waals surface area contributed by atoms with Crippen LogP contribution in [0.5, 0.6) is 5.88 Å². The molecular formula is C20H20N4O4S. The zero-order valence-electron chi connectivity index (χ0n) is 15.9. The average molecular weight is 412 g/mol. The van der Waals surface area contributed by atoms with Crippen molar-refractivity contribution < 1.29 is 18.3 Å². The summed E-state index contributed by atoms with van der Waals surface area (Å²) in [5, 5.41) is 2.82. The summed E-state index contributed by atoms with van der Waals surface area (Å²) in [5.41, 5.74) is 2.78. The Kier molecular flexibility index (Phi) is 6.53. The van der Waals surface area contributed by atoms with Crippen LogP contribution in [0.1, 0.15) is 21.5 Å². The van der Waals surface area contributed by atoms with Crippen LogP contribution in [-0.2, 0) is 17.8 Å². The predicted octanol–water partition coefficient (Wildman–Crippen LogP) is 3.00. The molecule has 0 fully saturated rings. The number of aromatic nitrogens is 2. The van der Waals surface area contributed by atoms with Crippen LogP contribution < -0.4 is 14.4 Å². The van der Waals surface area contributed by atoms with Crippen molar-refractivity contribution in [3.63, 3.8) is 0 Å². The maximum absolute atomic E-state index is 12.6. The van der Waals surface area contributed by atoms with E-state index in [2.05, 4.69) is 15.3 Å². The van der Waals surface area contributed by atoms with Gasteiger partial charge in [-0.05, 0) is 42.3 Å². The number of rotatable bonds is 7. The van der Waals surface area contributed by atoms with Gasteiger partial charge in [-0.3, -0.25) is 14.3 Å². The first-order valence-electron chi connectivity index (χ1n) is 8.68. The molecule has 0 aliphatic rings. The van der Waals surface area contributed by atoms with Gasteiger partial charge in [-0.25, -0.2) is 13.5 Å². The number of nitrogens with zero attached hydrogens (tertiary/aromatic N) is 3. The number of carbonyl (C=O) groups is 1. The van der Waals surface area contributed by atoms with E-state index in [-0.39, 0.29) is 5.91 Å². The monoisotopic (exact) mass is 412 g/mol. The summed E-state index contributed by atoms with van der Waals surface area (Å²) in [6.07, 6.45) is 4.77. The first-order valence-corrected chi connectivity index (χ1v) is 9.75. The van der Waals surface area contributed by atoms with Crippen molar-refractivity contribution in [2.75, 3.05) is 11.4 Å². The van der Waals surface area contributed by atoms with Gasteiger partial charge in [0.25, 0.3) is 17.2 Å². The van der Waals surface area contributed by atoms with Crippen molar-refractivity contribution in [1.29, 1.82) is 0 Å². The summed E-state index contributed by atoms with van der Waals surface area (Å²) in [4.78, 5) is 20.7. The number of carbonyl (C=O) groups excluding carboxylic acids is 1. The lowest BCUT2D eigenvalue weighted by Crippen LogP contribution is -2.24. The molecule has 150 valence electrons. The van der Waals surface area contributed by atoms with E-state index in [1.807, 2.05) is 6.07 Å². The summed E-state index contributed by atoms with van der Waals surface area (Å²) in [6.45, 7) is 2.12. The van der Waals surface area contributed by atoms with Crippen LogP contribution in [0.25, 0.3) is 0 Å². The molecule has 0 saturated carbocycles. The van der Waals surface area contributed by atoms with Crippen LogP contribution in [-0.4, -0.2) is 31.7 Å². The van der Waals surface area contributed by atoms with E-state index in [4.69, 9.17) is 4.74 Å². The fourth-order valence-corrected chi connectivity index (χ4v) is 3.34. The highest BCUT2D eigenvalue weighted by Gasteiger charge is 2.20. The normalized spacial score (nSPS) is 11.6. The largest absolute Gasteiger partial charge is 0.481 e. The number of amides is 1. The van der Waals surface area contributed by atoms with E-state index in [9.17, 15) is 13.6 Å². The molecule has 0 spiro atoms. The minimum atomic E-state index is -2.37. The zero-order chi connectivity index (χ0) is 20.8. The highest BCUT2D eigenvalue weighted by Crippen LogP contribution is 2.31. The number of ether oxygens (including phenoxy) is 1. The van der Waals surface area contributed by atoms with Crippen LogP contribution in [0.3, 0.4) is 0 Å². The van der Waals surface area contributed by atoms with Gasteiger partial charge in [0.05, 0.1) is 24.7 Å². The number of benzene rings is 1. The van der Waals surface area contributed by atoms with Gasteiger partial charge in [-0.2, -0.15) is 0 Å². The second kappa shape index (κ2) is 9.26. The summed E-state index contributed by atoms with van der Waals surface area (Å²) >= 11 is -2.37. The Balaban J connectivity index is 1.87. The van der Waals surface area contributed by atoms with Crippen LogP contribution in [0.15, 0.2) is 61.1 Å². The second-order valence-corrected chi connectivity index (χ2v) is 6.96. The Bertz CT molecular complexity index is 1010. The predicted molar refractivity (Wildman–Crippen MR) is 110 cm³/mol. The third kappa shape index (κ3) is 4.95. The highest BCUT2D eigenvalue weighted by molar-refractivity contribution is 7.81. The van der Waals surface area contributed by atoms with Crippen molar-refractivity contribution >= 4 is 28.5 Å². The number of pyridine rings is 2. The van der Waals surface area contributed by atoms with Crippen molar-refractivity contribution in [1.82, 2.24) is 15.3 Å².